The molecule has 2 N–H and O–H groups in total. The van der Waals surface area contributed by atoms with Crippen molar-refractivity contribution in [2.24, 2.45) is 0 Å². The van der Waals surface area contributed by atoms with E-state index in [2.05, 4.69) is 15.3 Å². The summed E-state index contributed by atoms with van der Waals surface area (Å²) < 4.78 is 5.13. The summed E-state index contributed by atoms with van der Waals surface area (Å²) in [5.74, 6) is 0.756. The molecule has 1 heterocycles. The monoisotopic (exact) mass is 383 g/mol. The number of benzene rings is 2. The predicted molar refractivity (Wildman–Crippen MR) is 103 cm³/mol. The van der Waals surface area contributed by atoms with Crippen molar-refractivity contribution >= 4 is 17.5 Å². The zero-order valence-electron chi connectivity index (χ0n) is 14.7. The summed E-state index contributed by atoms with van der Waals surface area (Å²) in [7, 11) is 1.60. The minimum Gasteiger partial charge on any atom is -0.497 e. The smallest absolute Gasteiger partial charge is 0.270 e. The number of rotatable bonds is 6. The second-order valence-electron chi connectivity index (χ2n) is 5.91. The Morgan fingerprint density at radius 2 is 1.78 bits per heavy atom. The Hall–Kier alpha value is -3.12. The molecular weight excluding hydrogens is 366 g/mol. The third kappa shape index (κ3) is 5.18. The quantitative estimate of drug-likeness (QED) is 0.685. The number of hydrogen-bond donors (Lipinski definition) is 2. The van der Waals surface area contributed by atoms with Crippen molar-refractivity contribution in [2.75, 3.05) is 7.11 Å². The summed E-state index contributed by atoms with van der Waals surface area (Å²) in [5.41, 5.74) is 1.55. The van der Waals surface area contributed by atoms with Crippen LogP contribution in [0.4, 0.5) is 0 Å². The zero-order valence-corrected chi connectivity index (χ0v) is 15.4. The average Bonchev–Trinajstić information content (AvgIpc) is 2.67. The van der Waals surface area contributed by atoms with Gasteiger partial charge in [-0.15, -0.1) is 0 Å². The van der Waals surface area contributed by atoms with E-state index in [0.29, 0.717) is 23.8 Å². The summed E-state index contributed by atoms with van der Waals surface area (Å²) in [6.07, 6.45) is 0.400. The van der Waals surface area contributed by atoms with Crippen LogP contribution in [0, 0.1) is 0 Å². The summed E-state index contributed by atoms with van der Waals surface area (Å²) in [6, 6.07) is 15.8. The Morgan fingerprint density at radius 3 is 2.44 bits per heavy atom. The molecule has 0 saturated carbocycles. The molecule has 0 saturated heterocycles. The number of aromatic nitrogens is 2. The number of nitrogens with zero attached hydrogens (tertiary/aromatic N) is 1. The van der Waals surface area contributed by atoms with Gasteiger partial charge in [0, 0.05) is 24.1 Å². The van der Waals surface area contributed by atoms with Gasteiger partial charge < -0.3 is 15.0 Å². The first-order valence-electron chi connectivity index (χ1n) is 8.29. The molecule has 1 amide bonds. The number of carbonyl (C=O) groups excluding carboxylic acids is 1. The number of hydrogen-bond acceptors (Lipinski definition) is 4. The molecule has 3 aromatic rings. The maximum atomic E-state index is 12.4. The number of H-pyrrole nitrogens is 1. The zero-order chi connectivity index (χ0) is 19.2. The lowest BCUT2D eigenvalue weighted by atomic mass is 10.1. The van der Waals surface area contributed by atoms with Gasteiger partial charge in [-0.1, -0.05) is 35.9 Å². The molecule has 0 bridgehead atoms. The van der Waals surface area contributed by atoms with Gasteiger partial charge in [-0.05, 0) is 35.4 Å². The van der Waals surface area contributed by atoms with E-state index in [1.54, 1.807) is 19.2 Å². The minimum absolute atomic E-state index is 0.0798. The first-order valence-corrected chi connectivity index (χ1v) is 8.67. The molecule has 0 aliphatic rings. The Kier molecular flexibility index (Phi) is 5.88. The van der Waals surface area contributed by atoms with Gasteiger partial charge in [-0.3, -0.25) is 9.59 Å². The van der Waals surface area contributed by atoms with E-state index in [0.717, 1.165) is 16.9 Å². The largest absolute Gasteiger partial charge is 0.497 e. The lowest BCUT2D eigenvalue weighted by Gasteiger charge is -2.07. The Morgan fingerprint density at radius 1 is 1.11 bits per heavy atom. The minimum atomic E-state index is -0.410. The molecule has 6 nitrogen and oxygen atoms in total. The van der Waals surface area contributed by atoms with Crippen LogP contribution in [0.3, 0.4) is 0 Å². The topological polar surface area (TPSA) is 84.1 Å². The molecule has 0 fully saturated rings. The molecule has 0 radical (unpaired) electrons. The fourth-order valence-electron chi connectivity index (χ4n) is 2.52. The first kappa shape index (κ1) is 18.7. The van der Waals surface area contributed by atoms with Crippen molar-refractivity contribution in [1.29, 1.82) is 0 Å². The molecule has 27 heavy (non-hydrogen) atoms. The van der Waals surface area contributed by atoms with E-state index in [9.17, 15) is 9.59 Å². The van der Waals surface area contributed by atoms with Gasteiger partial charge in [-0.25, -0.2) is 4.98 Å². The van der Waals surface area contributed by atoms with E-state index in [-0.39, 0.29) is 11.3 Å². The van der Waals surface area contributed by atoms with Gasteiger partial charge in [0.05, 0.1) is 7.11 Å². The Labute approximate surface area is 161 Å². The molecule has 0 spiro atoms. The van der Waals surface area contributed by atoms with Crippen LogP contribution < -0.4 is 15.6 Å². The number of methoxy groups -OCH3 is 1. The molecule has 0 unspecified atom stereocenters. The Bertz CT molecular complexity index is 983. The average molecular weight is 384 g/mol. The first-order chi connectivity index (χ1) is 13.0. The SMILES string of the molecule is COc1ccc(Cc2nc(C(=O)NCc3ccc(Cl)cc3)cc(=O)[nH]2)cc1. The molecule has 138 valence electrons. The van der Waals surface area contributed by atoms with Gasteiger partial charge in [-0.2, -0.15) is 0 Å². The highest BCUT2D eigenvalue weighted by atomic mass is 35.5. The van der Waals surface area contributed by atoms with E-state index < -0.39 is 5.91 Å². The summed E-state index contributed by atoms with van der Waals surface area (Å²) in [6.45, 7) is 0.318. The van der Waals surface area contributed by atoms with Gasteiger partial charge in [0.25, 0.3) is 11.5 Å². The summed E-state index contributed by atoms with van der Waals surface area (Å²) in [5, 5.41) is 3.38. The van der Waals surface area contributed by atoms with Crippen molar-refractivity contribution in [1.82, 2.24) is 15.3 Å². The van der Waals surface area contributed by atoms with Crippen LogP contribution in [0.25, 0.3) is 0 Å². The second-order valence-corrected chi connectivity index (χ2v) is 6.35. The van der Waals surface area contributed by atoms with Crippen molar-refractivity contribution < 1.29 is 9.53 Å². The van der Waals surface area contributed by atoms with Gasteiger partial charge >= 0.3 is 0 Å². The third-order valence-corrected chi connectivity index (χ3v) is 4.17. The van der Waals surface area contributed by atoms with E-state index in [1.165, 1.54) is 6.07 Å². The molecule has 2 aromatic carbocycles. The standard InChI is InChI=1S/C20H18ClN3O3/c1-27-16-8-4-13(5-9-16)10-18-23-17(11-19(25)24-18)20(26)22-12-14-2-6-15(21)7-3-14/h2-9,11H,10,12H2,1H3,(H,22,26)(H,23,24,25). The fourth-order valence-corrected chi connectivity index (χ4v) is 2.65. The highest BCUT2D eigenvalue weighted by Crippen LogP contribution is 2.13. The number of amides is 1. The van der Waals surface area contributed by atoms with Crippen LogP contribution in [0.1, 0.15) is 27.4 Å². The molecule has 0 atom stereocenters. The van der Waals surface area contributed by atoms with Gasteiger partial charge in [0.1, 0.15) is 17.3 Å². The third-order valence-electron chi connectivity index (χ3n) is 3.92. The maximum Gasteiger partial charge on any atom is 0.270 e. The van der Waals surface area contributed by atoms with Crippen LogP contribution >= 0.6 is 11.6 Å². The summed E-state index contributed by atoms with van der Waals surface area (Å²) in [4.78, 5) is 31.2. The van der Waals surface area contributed by atoms with Crippen molar-refractivity contribution in [2.45, 2.75) is 13.0 Å². The molecule has 1 aromatic heterocycles. The van der Waals surface area contributed by atoms with E-state index >= 15 is 0 Å². The van der Waals surface area contributed by atoms with E-state index in [1.807, 2.05) is 36.4 Å². The normalized spacial score (nSPS) is 10.4. The molecular formula is C20H18ClN3O3. The van der Waals surface area contributed by atoms with Crippen LogP contribution in [-0.4, -0.2) is 23.0 Å². The number of halogens is 1. The van der Waals surface area contributed by atoms with Crippen LogP contribution in [0.5, 0.6) is 5.75 Å². The number of ether oxygens (including phenoxy) is 1. The Balaban J connectivity index is 1.70. The highest BCUT2D eigenvalue weighted by Gasteiger charge is 2.11. The lowest BCUT2D eigenvalue weighted by Crippen LogP contribution is -2.26. The van der Waals surface area contributed by atoms with Crippen molar-refractivity contribution in [3.63, 3.8) is 0 Å². The number of aromatic amines is 1. The van der Waals surface area contributed by atoms with Gasteiger partial charge in [0.2, 0.25) is 0 Å². The molecule has 0 aliphatic heterocycles. The number of carbonyl (C=O) groups is 1. The second kappa shape index (κ2) is 8.51. The van der Waals surface area contributed by atoms with Crippen molar-refractivity contribution in [3.8, 4) is 5.75 Å². The van der Waals surface area contributed by atoms with Crippen LogP contribution in [0.2, 0.25) is 5.02 Å². The number of nitrogens with one attached hydrogen (secondary N) is 2. The van der Waals surface area contributed by atoms with Crippen LogP contribution in [0.15, 0.2) is 59.4 Å². The lowest BCUT2D eigenvalue weighted by molar-refractivity contribution is 0.0945. The highest BCUT2D eigenvalue weighted by molar-refractivity contribution is 6.30. The predicted octanol–water partition coefficient (Wildman–Crippen LogP) is 2.95. The van der Waals surface area contributed by atoms with E-state index in [4.69, 9.17) is 16.3 Å². The molecule has 0 aliphatic carbocycles. The molecule has 7 heteroatoms. The maximum absolute atomic E-state index is 12.4. The molecule has 3 rings (SSSR count). The fraction of sp³-hybridized carbons (Fsp3) is 0.150. The van der Waals surface area contributed by atoms with Crippen molar-refractivity contribution in [3.05, 3.63) is 92.6 Å². The summed E-state index contributed by atoms with van der Waals surface area (Å²) >= 11 is 5.85. The van der Waals surface area contributed by atoms with Crippen LogP contribution in [-0.2, 0) is 13.0 Å². The van der Waals surface area contributed by atoms with Gasteiger partial charge in [0.15, 0.2) is 0 Å².